The maximum atomic E-state index is 5.26. The SMILES string of the molecule is CCOCCCNC(=S)NCC1CCC(C)C1. The largest absolute Gasteiger partial charge is 0.382 e. The number of nitrogens with one attached hydrogen (secondary N) is 2. The molecule has 0 aliphatic heterocycles. The van der Waals surface area contributed by atoms with E-state index in [0.29, 0.717) is 0 Å². The van der Waals surface area contributed by atoms with Crippen molar-refractivity contribution in [2.24, 2.45) is 11.8 Å². The first kappa shape index (κ1) is 14.7. The molecule has 2 unspecified atom stereocenters. The molecule has 1 rings (SSSR count). The molecule has 2 atom stereocenters. The molecule has 0 saturated heterocycles. The van der Waals surface area contributed by atoms with Crippen molar-refractivity contribution in [2.75, 3.05) is 26.3 Å². The molecule has 17 heavy (non-hydrogen) atoms. The van der Waals surface area contributed by atoms with E-state index in [1.165, 1.54) is 19.3 Å². The number of ether oxygens (including phenoxy) is 1. The zero-order chi connectivity index (χ0) is 12.5. The standard InChI is InChI=1S/C13H26N2OS/c1-3-16-8-4-7-14-13(17)15-10-12-6-5-11(2)9-12/h11-12H,3-10H2,1-2H3,(H2,14,15,17). The monoisotopic (exact) mass is 258 g/mol. The maximum absolute atomic E-state index is 5.26. The predicted octanol–water partition coefficient (Wildman–Crippen LogP) is 2.31. The Bertz CT molecular complexity index is 223. The average molecular weight is 258 g/mol. The molecule has 0 aromatic rings. The van der Waals surface area contributed by atoms with Crippen LogP contribution in [0, 0.1) is 11.8 Å². The molecule has 3 nitrogen and oxygen atoms in total. The molecule has 0 spiro atoms. The second-order valence-corrected chi connectivity index (χ2v) is 5.38. The van der Waals surface area contributed by atoms with Gasteiger partial charge in [0.1, 0.15) is 0 Å². The van der Waals surface area contributed by atoms with Crippen LogP contribution in [0.15, 0.2) is 0 Å². The Morgan fingerprint density at radius 1 is 1.35 bits per heavy atom. The van der Waals surface area contributed by atoms with Crippen LogP contribution in [-0.4, -0.2) is 31.4 Å². The fourth-order valence-corrected chi connectivity index (χ4v) is 2.52. The van der Waals surface area contributed by atoms with Crippen molar-refractivity contribution in [1.82, 2.24) is 10.6 Å². The topological polar surface area (TPSA) is 33.3 Å². The van der Waals surface area contributed by atoms with Gasteiger partial charge >= 0.3 is 0 Å². The molecule has 0 heterocycles. The van der Waals surface area contributed by atoms with Gasteiger partial charge in [0.2, 0.25) is 0 Å². The highest BCUT2D eigenvalue weighted by atomic mass is 32.1. The molecule has 100 valence electrons. The van der Waals surface area contributed by atoms with E-state index in [9.17, 15) is 0 Å². The van der Waals surface area contributed by atoms with Crippen molar-refractivity contribution in [3.05, 3.63) is 0 Å². The summed E-state index contributed by atoms with van der Waals surface area (Å²) in [6, 6.07) is 0. The average Bonchev–Trinajstić information content (AvgIpc) is 2.72. The van der Waals surface area contributed by atoms with E-state index in [4.69, 9.17) is 17.0 Å². The van der Waals surface area contributed by atoms with Crippen molar-refractivity contribution in [1.29, 1.82) is 0 Å². The molecule has 0 aromatic heterocycles. The van der Waals surface area contributed by atoms with Crippen LogP contribution in [0.25, 0.3) is 0 Å². The lowest BCUT2D eigenvalue weighted by Crippen LogP contribution is -2.38. The van der Waals surface area contributed by atoms with Crippen molar-refractivity contribution in [3.63, 3.8) is 0 Å². The van der Waals surface area contributed by atoms with Gasteiger partial charge in [-0.1, -0.05) is 13.3 Å². The summed E-state index contributed by atoms with van der Waals surface area (Å²) in [5.41, 5.74) is 0. The number of rotatable bonds is 7. The second kappa shape index (κ2) is 8.70. The van der Waals surface area contributed by atoms with E-state index in [0.717, 1.165) is 49.7 Å². The van der Waals surface area contributed by atoms with E-state index in [1.54, 1.807) is 0 Å². The molecule has 0 radical (unpaired) electrons. The van der Waals surface area contributed by atoms with E-state index in [2.05, 4.69) is 17.6 Å². The van der Waals surface area contributed by atoms with Crippen LogP contribution >= 0.6 is 12.2 Å². The van der Waals surface area contributed by atoms with Crippen molar-refractivity contribution in [3.8, 4) is 0 Å². The first-order chi connectivity index (χ1) is 8.22. The Morgan fingerprint density at radius 3 is 2.82 bits per heavy atom. The quantitative estimate of drug-likeness (QED) is 0.542. The molecule has 2 N–H and O–H groups in total. The summed E-state index contributed by atoms with van der Waals surface area (Å²) < 4.78 is 5.26. The molecule has 1 saturated carbocycles. The minimum atomic E-state index is 0.793. The number of thiocarbonyl (C=S) groups is 1. The van der Waals surface area contributed by atoms with Gasteiger partial charge in [-0.3, -0.25) is 0 Å². The van der Waals surface area contributed by atoms with Crippen molar-refractivity contribution < 1.29 is 4.74 Å². The fourth-order valence-electron chi connectivity index (χ4n) is 2.33. The Kier molecular flexibility index (Phi) is 7.53. The summed E-state index contributed by atoms with van der Waals surface area (Å²) >= 11 is 5.23. The normalized spacial score (nSPS) is 23.6. The number of hydrogen-bond acceptors (Lipinski definition) is 2. The Hall–Kier alpha value is -0.350. The van der Waals surface area contributed by atoms with Gasteiger partial charge in [0, 0.05) is 26.3 Å². The van der Waals surface area contributed by atoms with Crippen molar-refractivity contribution >= 4 is 17.3 Å². The summed E-state index contributed by atoms with van der Waals surface area (Å²) in [6.45, 7) is 7.88. The Morgan fingerprint density at radius 2 is 2.18 bits per heavy atom. The van der Waals surface area contributed by atoms with Gasteiger partial charge in [0.05, 0.1) is 0 Å². The minimum absolute atomic E-state index is 0.793. The minimum Gasteiger partial charge on any atom is -0.382 e. The summed E-state index contributed by atoms with van der Waals surface area (Å²) in [7, 11) is 0. The van der Waals surface area contributed by atoms with Crippen LogP contribution < -0.4 is 10.6 Å². The third-order valence-corrected chi connectivity index (χ3v) is 3.60. The molecule has 0 amide bonds. The van der Waals surface area contributed by atoms with Gasteiger partial charge in [-0.15, -0.1) is 0 Å². The molecular formula is C13H26N2OS. The molecular weight excluding hydrogens is 232 g/mol. The van der Waals surface area contributed by atoms with Gasteiger partial charge in [0.25, 0.3) is 0 Å². The molecule has 1 aliphatic carbocycles. The molecule has 1 aliphatic rings. The van der Waals surface area contributed by atoms with Gasteiger partial charge in [-0.05, 0) is 50.2 Å². The summed E-state index contributed by atoms with van der Waals surface area (Å²) in [5, 5.41) is 7.33. The maximum Gasteiger partial charge on any atom is 0.166 e. The molecule has 1 fully saturated rings. The van der Waals surface area contributed by atoms with Gasteiger partial charge < -0.3 is 15.4 Å². The van der Waals surface area contributed by atoms with E-state index >= 15 is 0 Å². The third-order valence-electron chi connectivity index (χ3n) is 3.31. The van der Waals surface area contributed by atoms with E-state index in [1.807, 2.05) is 6.92 Å². The lowest BCUT2D eigenvalue weighted by Gasteiger charge is -2.14. The first-order valence-electron chi connectivity index (χ1n) is 6.81. The zero-order valence-corrected chi connectivity index (χ0v) is 11.9. The van der Waals surface area contributed by atoms with E-state index < -0.39 is 0 Å². The van der Waals surface area contributed by atoms with Gasteiger partial charge in [0.15, 0.2) is 5.11 Å². The van der Waals surface area contributed by atoms with Crippen LogP contribution in [-0.2, 0) is 4.74 Å². The third kappa shape index (κ3) is 6.84. The van der Waals surface area contributed by atoms with Gasteiger partial charge in [-0.2, -0.15) is 0 Å². The highest BCUT2D eigenvalue weighted by Gasteiger charge is 2.20. The fraction of sp³-hybridized carbons (Fsp3) is 0.923. The van der Waals surface area contributed by atoms with E-state index in [-0.39, 0.29) is 0 Å². The van der Waals surface area contributed by atoms with Crippen LogP contribution in [0.1, 0.15) is 39.5 Å². The lowest BCUT2D eigenvalue weighted by atomic mass is 10.1. The highest BCUT2D eigenvalue weighted by molar-refractivity contribution is 7.80. The molecule has 0 bridgehead atoms. The van der Waals surface area contributed by atoms with Crippen molar-refractivity contribution in [2.45, 2.75) is 39.5 Å². The summed E-state index contributed by atoms with van der Waals surface area (Å²) in [5.74, 6) is 1.71. The lowest BCUT2D eigenvalue weighted by molar-refractivity contribution is 0.145. The van der Waals surface area contributed by atoms with Crippen LogP contribution in [0.2, 0.25) is 0 Å². The number of hydrogen-bond donors (Lipinski definition) is 2. The smallest absolute Gasteiger partial charge is 0.166 e. The van der Waals surface area contributed by atoms with Crippen LogP contribution in [0.4, 0.5) is 0 Å². The van der Waals surface area contributed by atoms with Crippen LogP contribution in [0.5, 0.6) is 0 Å². The molecule has 4 heteroatoms. The molecule has 0 aromatic carbocycles. The van der Waals surface area contributed by atoms with Gasteiger partial charge in [-0.25, -0.2) is 0 Å². The Balaban J connectivity index is 1.94. The van der Waals surface area contributed by atoms with Crippen LogP contribution in [0.3, 0.4) is 0 Å². The Labute approximate surface area is 111 Å². The first-order valence-corrected chi connectivity index (χ1v) is 7.22. The predicted molar refractivity (Wildman–Crippen MR) is 76.2 cm³/mol. The summed E-state index contributed by atoms with van der Waals surface area (Å²) in [6.07, 6.45) is 5.08. The zero-order valence-electron chi connectivity index (χ0n) is 11.1. The second-order valence-electron chi connectivity index (χ2n) is 4.97. The summed E-state index contributed by atoms with van der Waals surface area (Å²) in [4.78, 5) is 0. The highest BCUT2D eigenvalue weighted by Crippen LogP contribution is 2.29.